The third-order valence-electron chi connectivity index (χ3n) is 3.73. The van der Waals surface area contributed by atoms with E-state index in [1.54, 1.807) is 0 Å². The minimum absolute atomic E-state index is 0.481. The standard InChI is InChI=1S/C11H23N/c1-4-5-9(2)11(3)7-6-10(12)8-11/h9-10H,4-8,12H2,1-3H3. The minimum Gasteiger partial charge on any atom is -0.328 e. The van der Waals surface area contributed by atoms with Crippen molar-refractivity contribution in [2.24, 2.45) is 17.1 Å². The van der Waals surface area contributed by atoms with Gasteiger partial charge in [0.1, 0.15) is 0 Å². The fraction of sp³-hybridized carbons (Fsp3) is 1.00. The first-order valence-corrected chi connectivity index (χ1v) is 5.34. The van der Waals surface area contributed by atoms with Crippen LogP contribution in [0, 0.1) is 11.3 Å². The molecule has 1 rings (SSSR count). The maximum absolute atomic E-state index is 5.94. The molecule has 0 aliphatic heterocycles. The Morgan fingerprint density at radius 1 is 1.58 bits per heavy atom. The predicted octanol–water partition coefficient (Wildman–Crippen LogP) is 2.94. The summed E-state index contributed by atoms with van der Waals surface area (Å²) >= 11 is 0. The van der Waals surface area contributed by atoms with Crippen molar-refractivity contribution in [2.75, 3.05) is 0 Å². The van der Waals surface area contributed by atoms with Crippen molar-refractivity contribution in [1.29, 1.82) is 0 Å². The Kier molecular flexibility index (Phi) is 3.16. The van der Waals surface area contributed by atoms with E-state index in [-0.39, 0.29) is 0 Å². The Balaban J connectivity index is 2.48. The molecule has 1 fully saturated rings. The third kappa shape index (κ3) is 2.01. The Hall–Kier alpha value is -0.0400. The molecule has 0 aromatic carbocycles. The van der Waals surface area contributed by atoms with Gasteiger partial charge in [-0.25, -0.2) is 0 Å². The highest BCUT2D eigenvalue weighted by Gasteiger charge is 2.37. The third-order valence-corrected chi connectivity index (χ3v) is 3.73. The lowest BCUT2D eigenvalue weighted by molar-refractivity contribution is 0.194. The number of hydrogen-bond acceptors (Lipinski definition) is 1. The molecule has 1 heteroatoms. The summed E-state index contributed by atoms with van der Waals surface area (Å²) in [6.45, 7) is 7.08. The molecule has 0 spiro atoms. The fourth-order valence-corrected chi connectivity index (χ4v) is 2.55. The van der Waals surface area contributed by atoms with Crippen LogP contribution >= 0.6 is 0 Å². The molecule has 3 unspecified atom stereocenters. The molecule has 1 aliphatic rings. The molecule has 0 aromatic heterocycles. The first-order valence-electron chi connectivity index (χ1n) is 5.34. The maximum Gasteiger partial charge on any atom is 0.00443 e. The lowest BCUT2D eigenvalue weighted by atomic mass is 9.74. The molecular weight excluding hydrogens is 146 g/mol. The molecule has 72 valence electrons. The van der Waals surface area contributed by atoms with E-state index < -0.39 is 0 Å². The van der Waals surface area contributed by atoms with Crippen LogP contribution in [-0.2, 0) is 0 Å². The van der Waals surface area contributed by atoms with Gasteiger partial charge in [0.15, 0.2) is 0 Å². The van der Waals surface area contributed by atoms with Crippen molar-refractivity contribution >= 4 is 0 Å². The number of rotatable bonds is 3. The molecule has 2 N–H and O–H groups in total. The minimum atomic E-state index is 0.481. The predicted molar refractivity (Wildman–Crippen MR) is 54.0 cm³/mol. The maximum atomic E-state index is 5.94. The van der Waals surface area contributed by atoms with Gasteiger partial charge < -0.3 is 5.73 Å². The van der Waals surface area contributed by atoms with Crippen molar-refractivity contribution < 1.29 is 0 Å². The summed E-state index contributed by atoms with van der Waals surface area (Å²) < 4.78 is 0. The molecule has 0 bridgehead atoms. The first kappa shape index (κ1) is 10.0. The molecule has 0 saturated heterocycles. The number of hydrogen-bond donors (Lipinski definition) is 1. The largest absolute Gasteiger partial charge is 0.328 e. The van der Waals surface area contributed by atoms with Gasteiger partial charge in [-0.1, -0.05) is 33.6 Å². The van der Waals surface area contributed by atoms with Crippen LogP contribution in [0.4, 0.5) is 0 Å². The lowest BCUT2D eigenvalue weighted by Gasteiger charge is -2.31. The molecule has 1 nitrogen and oxygen atoms in total. The van der Waals surface area contributed by atoms with Crippen LogP contribution in [0.15, 0.2) is 0 Å². The van der Waals surface area contributed by atoms with Crippen molar-refractivity contribution in [2.45, 2.75) is 58.9 Å². The second-order valence-corrected chi connectivity index (χ2v) is 4.85. The van der Waals surface area contributed by atoms with Gasteiger partial charge in [0, 0.05) is 6.04 Å². The van der Waals surface area contributed by atoms with Gasteiger partial charge in [-0.15, -0.1) is 0 Å². The Morgan fingerprint density at radius 3 is 2.67 bits per heavy atom. The monoisotopic (exact) mass is 169 g/mol. The SMILES string of the molecule is CCCC(C)C1(C)CCC(N)C1. The summed E-state index contributed by atoms with van der Waals surface area (Å²) in [7, 11) is 0. The van der Waals surface area contributed by atoms with E-state index in [1.807, 2.05) is 0 Å². The van der Waals surface area contributed by atoms with E-state index >= 15 is 0 Å². The highest BCUT2D eigenvalue weighted by atomic mass is 14.7. The molecule has 1 saturated carbocycles. The van der Waals surface area contributed by atoms with Crippen LogP contribution < -0.4 is 5.73 Å². The smallest absolute Gasteiger partial charge is 0.00443 e. The summed E-state index contributed by atoms with van der Waals surface area (Å²) in [5.74, 6) is 0.857. The van der Waals surface area contributed by atoms with Crippen LogP contribution in [-0.4, -0.2) is 6.04 Å². The summed E-state index contributed by atoms with van der Waals surface area (Å²) in [6.07, 6.45) is 6.50. The fourth-order valence-electron chi connectivity index (χ4n) is 2.55. The molecule has 12 heavy (non-hydrogen) atoms. The molecule has 3 atom stereocenters. The van der Waals surface area contributed by atoms with Crippen LogP contribution in [0.1, 0.15) is 52.9 Å². The highest BCUT2D eigenvalue weighted by Crippen LogP contribution is 2.44. The molecule has 0 amide bonds. The summed E-state index contributed by atoms with van der Waals surface area (Å²) in [4.78, 5) is 0. The van der Waals surface area contributed by atoms with Crippen LogP contribution in [0.5, 0.6) is 0 Å². The van der Waals surface area contributed by atoms with E-state index in [0.29, 0.717) is 11.5 Å². The van der Waals surface area contributed by atoms with Crippen molar-refractivity contribution in [3.63, 3.8) is 0 Å². The normalized spacial score (nSPS) is 38.5. The molecule has 0 radical (unpaired) electrons. The van der Waals surface area contributed by atoms with E-state index in [2.05, 4.69) is 20.8 Å². The zero-order chi connectivity index (χ0) is 9.19. The Morgan fingerprint density at radius 2 is 2.25 bits per heavy atom. The van der Waals surface area contributed by atoms with Gasteiger partial charge in [-0.3, -0.25) is 0 Å². The Bertz CT molecular complexity index is 144. The molecule has 0 heterocycles. The van der Waals surface area contributed by atoms with Crippen molar-refractivity contribution in [3.8, 4) is 0 Å². The van der Waals surface area contributed by atoms with Crippen LogP contribution in [0.25, 0.3) is 0 Å². The molecule has 1 aliphatic carbocycles. The van der Waals surface area contributed by atoms with Gasteiger partial charge >= 0.3 is 0 Å². The zero-order valence-corrected chi connectivity index (χ0v) is 8.77. The van der Waals surface area contributed by atoms with E-state index in [4.69, 9.17) is 5.73 Å². The van der Waals surface area contributed by atoms with Gasteiger partial charge in [0.25, 0.3) is 0 Å². The Labute approximate surface area is 76.7 Å². The van der Waals surface area contributed by atoms with Crippen LogP contribution in [0.3, 0.4) is 0 Å². The first-order chi connectivity index (χ1) is 5.58. The van der Waals surface area contributed by atoms with E-state index in [0.717, 1.165) is 5.92 Å². The number of nitrogens with two attached hydrogens (primary N) is 1. The van der Waals surface area contributed by atoms with E-state index in [9.17, 15) is 0 Å². The second-order valence-electron chi connectivity index (χ2n) is 4.85. The van der Waals surface area contributed by atoms with Crippen molar-refractivity contribution in [1.82, 2.24) is 0 Å². The highest BCUT2D eigenvalue weighted by molar-refractivity contribution is 4.90. The quantitative estimate of drug-likeness (QED) is 0.690. The second kappa shape index (κ2) is 3.78. The summed E-state index contributed by atoms with van der Waals surface area (Å²) in [6, 6.07) is 0.481. The average molecular weight is 169 g/mol. The van der Waals surface area contributed by atoms with Gasteiger partial charge in [0.2, 0.25) is 0 Å². The zero-order valence-electron chi connectivity index (χ0n) is 8.77. The topological polar surface area (TPSA) is 26.0 Å². The van der Waals surface area contributed by atoms with Gasteiger partial charge in [-0.05, 0) is 30.6 Å². The van der Waals surface area contributed by atoms with Gasteiger partial charge in [-0.2, -0.15) is 0 Å². The van der Waals surface area contributed by atoms with Gasteiger partial charge in [0.05, 0.1) is 0 Å². The van der Waals surface area contributed by atoms with Crippen LogP contribution in [0.2, 0.25) is 0 Å². The van der Waals surface area contributed by atoms with Crippen molar-refractivity contribution in [3.05, 3.63) is 0 Å². The molecule has 0 aromatic rings. The average Bonchev–Trinajstić information content (AvgIpc) is 2.33. The lowest BCUT2D eigenvalue weighted by Crippen LogP contribution is -2.25. The molecular formula is C11H23N. The summed E-state index contributed by atoms with van der Waals surface area (Å²) in [5.41, 5.74) is 6.50. The summed E-state index contributed by atoms with van der Waals surface area (Å²) in [5, 5.41) is 0. The van der Waals surface area contributed by atoms with E-state index in [1.165, 1.54) is 32.1 Å².